The van der Waals surface area contributed by atoms with Gasteiger partial charge in [0.2, 0.25) is 0 Å². The van der Waals surface area contributed by atoms with Gasteiger partial charge in [0.15, 0.2) is 0 Å². The van der Waals surface area contributed by atoms with Crippen LogP contribution < -0.4 is 10.6 Å². The molecule has 2 aromatic rings. The number of nitrogens with one attached hydrogen (secondary N) is 2. The van der Waals surface area contributed by atoms with Crippen molar-refractivity contribution in [1.82, 2.24) is 10.6 Å². The van der Waals surface area contributed by atoms with Crippen LogP contribution in [0.25, 0.3) is 0 Å². The zero-order valence-corrected chi connectivity index (χ0v) is 17.0. The lowest BCUT2D eigenvalue weighted by Crippen LogP contribution is -2.33. The Morgan fingerprint density at radius 3 is 1.42 bits per heavy atom. The third-order valence-electron chi connectivity index (χ3n) is 3.84. The minimum Gasteiger partial charge on any atom is -0.366 e. The Balaban J connectivity index is 1.60. The molecule has 0 aliphatic carbocycles. The molecule has 0 fully saturated rings. The van der Waals surface area contributed by atoms with E-state index in [1.165, 1.54) is 11.1 Å². The van der Waals surface area contributed by atoms with Crippen molar-refractivity contribution in [2.45, 2.75) is 25.5 Å². The first-order chi connectivity index (χ1) is 12.8. The predicted molar refractivity (Wildman–Crippen MR) is 113 cm³/mol. The molecule has 2 atom stereocenters. The SMILES string of the molecule is COC(CSSCC(NCc1ccccc1)OC)NCc1ccccc1. The van der Waals surface area contributed by atoms with Crippen LogP contribution in [0, 0.1) is 0 Å². The molecule has 142 valence electrons. The standard InChI is InChI=1S/C20H28N2O2S2/c1-23-19(21-13-17-9-5-3-6-10-17)15-25-26-16-20(24-2)22-14-18-11-7-4-8-12-18/h3-12,19-22H,13-16H2,1-2H3. The number of hydrogen-bond donors (Lipinski definition) is 2. The third kappa shape index (κ3) is 8.58. The highest BCUT2D eigenvalue weighted by atomic mass is 33.1. The second kappa shape index (κ2) is 13.2. The number of rotatable bonds is 13. The van der Waals surface area contributed by atoms with Crippen LogP contribution in [-0.4, -0.2) is 38.2 Å². The lowest BCUT2D eigenvalue weighted by atomic mass is 10.2. The molecule has 2 unspecified atom stereocenters. The second-order valence-corrected chi connectivity index (χ2v) is 8.30. The summed E-state index contributed by atoms with van der Waals surface area (Å²) in [6, 6.07) is 20.7. The summed E-state index contributed by atoms with van der Waals surface area (Å²) < 4.78 is 11.0. The minimum absolute atomic E-state index is 0.0333. The Hall–Kier alpha value is -1.02. The maximum absolute atomic E-state index is 5.52. The van der Waals surface area contributed by atoms with Crippen molar-refractivity contribution in [3.8, 4) is 0 Å². The zero-order chi connectivity index (χ0) is 18.5. The van der Waals surface area contributed by atoms with E-state index >= 15 is 0 Å². The molecule has 2 N–H and O–H groups in total. The number of hydrogen-bond acceptors (Lipinski definition) is 6. The average Bonchev–Trinajstić information content (AvgIpc) is 2.71. The van der Waals surface area contributed by atoms with Gasteiger partial charge in [-0.15, -0.1) is 0 Å². The quantitative estimate of drug-likeness (QED) is 0.306. The molecule has 0 amide bonds. The summed E-state index contributed by atoms with van der Waals surface area (Å²) in [7, 11) is 7.08. The summed E-state index contributed by atoms with van der Waals surface area (Å²) in [5.74, 6) is 1.76. The average molecular weight is 393 g/mol. The van der Waals surface area contributed by atoms with Crippen LogP contribution in [0.4, 0.5) is 0 Å². The van der Waals surface area contributed by atoms with E-state index in [0.29, 0.717) is 0 Å². The Morgan fingerprint density at radius 2 is 1.08 bits per heavy atom. The van der Waals surface area contributed by atoms with Crippen molar-refractivity contribution in [2.24, 2.45) is 0 Å². The Bertz CT molecular complexity index is 533. The summed E-state index contributed by atoms with van der Waals surface area (Å²) in [5, 5.41) is 6.86. The Morgan fingerprint density at radius 1 is 0.692 bits per heavy atom. The van der Waals surface area contributed by atoms with Gasteiger partial charge in [0, 0.05) is 38.8 Å². The summed E-state index contributed by atoms with van der Waals surface area (Å²) in [5.41, 5.74) is 2.52. The van der Waals surface area contributed by atoms with Crippen LogP contribution in [0.1, 0.15) is 11.1 Å². The Labute approximate surface area is 164 Å². The number of benzene rings is 2. The van der Waals surface area contributed by atoms with Gasteiger partial charge in [0.25, 0.3) is 0 Å². The molecular formula is C20H28N2O2S2. The van der Waals surface area contributed by atoms with Gasteiger partial charge in [-0.1, -0.05) is 82.3 Å². The monoisotopic (exact) mass is 392 g/mol. The van der Waals surface area contributed by atoms with Crippen LogP contribution in [0.2, 0.25) is 0 Å². The molecule has 0 aliphatic rings. The number of methoxy groups -OCH3 is 2. The maximum atomic E-state index is 5.52. The lowest BCUT2D eigenvalue weighted by Gasteiger charge is -2.19. The van der Waals surface area contributed by atoms with Crippen LogP contribution in [-0.2, 0) is 22.6 Å². The molecule has 26 heavy (non-hydrogen) atoms. The fraction of sp³-hybridized carbons (Fsp3) is 0.400. The molecular weight excluding hydrogens is 364 g/mol. The van der Waals surface area contributed by atoms with Crippen molar-refractivity contribution in [3.05, 3.63) is 71.8 Å². The molecule has 6 heteroatoms. The molecule has 0 radical (unpaired) electrons. The minimum atomic E-state index is 0.0333. The molecule has 0 saturated carbocycles. The van der Waals surface area contributed by atoms with E-state index in [-0.39, 0.29) is 12.5 Å². The number of ether oxygens (including phenoxy) is 2. The molecule has 2 aromatic carbocycles. The lowest BCUT2D eigenvalue weighted by molar-refractivity contribution is 0.0912. The molecule has 0 heterocycles. The van der Waals surface area contributed by atoms with Gasteiger partial charge in [0.1, 0.15) is 12.5 Å². The molecule has 0 spiro atoms. The third-order valence-corrected chi connectivity index (χ3v) is 6.21. The molecule has 0 aromatic heterocycles. The first kappa shape index (κ1) is 21.3. The van der Waals surface area contributed by atoms with Crippen LogP contribution in [0.15, 0.2) is 60.7 Å². The summed E-state index contributed by atoms with van der Waals surface area (Å²) in [6.45, 7) is 1.62. The highest BCUT2D eigenvalue weighted by Gasteiger charge is 2.10. The van der Waals surface area contributed by atoms with Gasteiger partial charge in [-0.05, 0) is 11.1 Å². The first-order valence-electron chi connectivity index (χ1n) is 8.66. The van der Waals surface area contributed by atoms with E-state index in [1.54, 1.807) is 35.8 Å². The van der Waals surface area contributed by atoms with Gasteiger partial charge >= 0.3 is 0 Å². The van der Waals surface area contributed by atoms with Gasteiger partial charge in [-0.25, -0.2) is 0 Å². The largest absolute Gasteiger partial charge is 0.366 e. The summed E-state index contributed by atoms with van der Waals surface area (Å²) in [6.07, 6.45) is 0.0666. The topological polar surface area (TPSA) is 42.5 Å². The molecule has 4 nitrogen and oxygen atoms in total. The van der Waals surface area contributed by atoms with Gasteiger partial charge in [0.05, 0.1) is 0 Å². The van der Waals surface area contributed by atoms with Crippen molar-refractivity contribution >= 4 is 21.6 Å². The van der Waals surface area contributed by atoms with Crippen molar-refractivity contribution < 1.29 is 9.47 Å². The van der Waals surface area contributed by atoms with Crippen LogP contribution in [0.3, 0.4) is 0 Å². The van der Waals surface area contributed by atoms with E-state index in [0.717, 1.165) is 24.6 Å². The fourth-order valence-electron chi connectivity index (χ4n) is 2.30. The van der Waals surface area contributed by atoms with Gasteiger partial charge in [-0.2, -0.15) is 0 Å². The van der Waals surface area contributed by atoms with E-state index in [1.807, 2.05) is 12.1 Å². The molecule has 0 bridgehead atoms. The van der Waals surface area contributed by atoms with E-state index in [9.17, 15) is 0 Å². The smallest absolute Gasteiger partial charge is 0.117 e. The zero-order valence-electron chi connectivity index (χ0n) is 15.4. The van der Waals surface area contributed by atoms with Crippen LogP contribution >= 0.6 is 21.6 Å². The Kier molecular flexibility index (Phi) is 10.8. The van der Waals surface area contributed by atoms with Crippen molar-refractivity contribution in [1.29, 1.82) is 0 Å². The summed E-state index contributed by atoms with van der Waals surface area (Å²) >= 11 is 0. The van der Waals surface area contributed by atoms with E-state index in [2.05, 4.69) is 59.2 Å². The van der Waals surface area contributed by atoms with E-state index < -0.39 is 0 Å². The maximum Gasteiger partial charge on any atom is 0.117 e. The van der Waals surface area contributed by atoms with Crippen molar-refractivity contribution in [2.75, 3.05) is 25.7 Å². The van der Waals surface area contributed by atoms with Crippen molar-refractivity contribution in [3.63, 3.8) is 0 Å². The fourth-order valence-corrected chi connectivity index (χ4v) is 4.56. The molecule has 2 rings (SSSR count). The molecule has 0 saturated heterocycles. The normalized spacial score (nSPS) is 13.5. The molecule has 0 aliphatic heterocycles. The highest BCUT2D eigenvalue weighted by Crippen LogP contribution is 2.23. The van der Waals surface area contributed by atoms with Gasteiger partial charge in [-0.3, -0.25) is 10.6 Å². The van der Waals surface area contributed by atoms with E-state index in [4.69, 9.17) is 9.47 Å². The first-order valence-corrected chi connectivity index (χ1v) is 11.1. The highest BCUT2D eigenvalue weighted by molar-refractivity contribution is 8.76. The summed E-state index contributed by atoms with van der Waals surface area (Å²) in [4.78, 5) is 0. The predicted octanol–water partition coefficient (Wildman–Crippen LogP) is 3.89. The van der Waals surface area contributed by atoms with Gasteiger partial charge < -0.3 is 9.47 Å². The second-order valence-electron chi connectivity index (χ2n) is 5.75. The van der Waals surface area contributed by atoms with Crippen LogP contribution in [0.5, 0.6) is 0 Å².